The summed E-state index contributed by atoms with van der Waals surface area (Å²) in [5, 5.41) is 4.15. The van der Waals surface area contributed by atoms with E-state index in [2.05, 4.69) is 17.1 Å². The minimum absolute atomic E-state index is 0. The van der Waals surface area contributed by atoms with Crippen molar-refractivity contribution in [3.63, 3.8) is 0 Å². The second-order valence-electron chi connectivity index (χ2n) is 7.25. The molecule has 6 nitrogen and oxygen atoms in total. The first-order chi connectivity index (χ1) is 11.0. The molecule has 24 heavy (non-hydrogen) atoms. The van der Waals surface area contributed by atoms with Crippen LogP contribution in [0.5, 0.6) is 0 Å². The van der Waals surface area contributed by atoms with Crippen molar-refractivity contribution in [2.45, 2.75) is 70.3 Å². The lowest BCUT2D eigenvalue weighted by Crippen LogP contribution is -2.41. The Bertz CT molecular complexity index is 557. The van der Waals surface area contributed by atoms with E-state index < -0.39 is 5.54 Å². The van der Waals surface area contributed by atoms with Gasteiger partial charge in [0.05, 0.1) is 11.5 Å². The fourth-order valence-corrected chi connectivity index (χ4v) is 3.70. The molecular weight excluding hydrogens is 328 g/mol. The smallest absolute Gasteiger partial charge is 0.231 e. The average molecular weight is 357 g/mol. The van der Waals surface area contributed by atoms with E-state index in [4.69, 9.17) is 10.3 Å². The van der Waals surface area contributed by atoms with E-state index in [1.807, 2.05) is 11.8 Å². The largest absolute Gasteiger partial charge is 0.342 e. The zero-order valence-corrected chi connectivity index (χ0v) is 15.5. The first-order valence-corrected chi connectivity index (χ1v) is 8.95. The Kier molecular flexibility index (Phi) is 6.26. The molecule has 1 aromatic rings. The summed E-state index contributed by atoms with van der Waals surface area (Å²) in [5.74, 6) is 1.76. The highest BCUT2D eigenvalue weighted by Crippen LogP contribution is 2.36. The Morgan fingerprint density at radius 2 is 2.12 bits per heavy atom. The van der Waals surface area contributed by atoms with E-state index in [1.54, 1.807) is 0 Å². The maximum absolute atomic E-state index is 12.4. The molecule has 0 aromatic carbocycles. The molecule has 1 saturated carbocycles. The van der Waals surface area contributed by atoms with Crippen LogP contribution in [-0.4, -0.2) is 34.0 Å². The minimum Gasteiger partial charge on any atom is -0.342 e. The van der Waals surface area contributed by atoms with Crippen LogP contribution in [0.15, 0.2) is 4.52 Å². The molecule has 1 aliphatic carbocycles. The van der Waals surface area contributed by atoms with Crippen LogP contribution in [0.4, 0.5) is 0 Å². The predicted octanol–water partition coefficient (Wildman–Crippen LogP) is 2.97. The third kappa shape index (κ3) is 3.75. The van der Waals surface area contributed by atoms with Gasteiger partial charge in [-0.05, 0) is 32.1 Å². The topological polar surface area (TPSA) is 85.2 Å². The molecule has 3 rings (SSSR count). The van der Waals surface area contributed by atoms with Gasteiger partial charge in [-0.3, -0.25) is 4.79 Å². The molecule has 1 aliphatic heterocycles. The molecule has 0 radical (unpaired) electrons. The SMILES string of the molecule is CCC(C)C(=O)N1CCCC(c2nc(C3(N)CCCC3)no2)C1.Cl. The van der Waals surface area contributed by atoms with Gasteiger partial charge in [-0.2, -0.15) is 4.98 Å². The number of aromatic nitrogens is 2. The van der Waals surface area contributed by atoms with Gasteiger partial charge in [-0.1, -0.05) is 31.8 Å². The zero-order chi connectivity index (χ0) is 16.4. The molecule has 2 atom stereocenters. The van der Waals surface area contributed by atoms with Crippen molar-refractivity contribution < 1.29 is 9.32 Å². The molecule has 0 spiro atoms. The molecule has 1 saturated heterocycles. The second-order valence-corrected chi connectivity index (χ2v) is 7.25. The van der Waals surface area contributed by atoms with E-state index in [1.165, 1.54) is 0 Å². The normalized spacial score (nSPS) is 24.5. The van der Waals surface area contributed by atoms with E-state index in [0.29, 0.717) is 18.3 Å². The lowest BCUT2D eigenvalue weighted by atomic mass is 9.95. The molecule has 136 valence electrons. The summed E-state index contributed by atoms with van der Waals surface area (Å²) in [6, 6.07) is 0. The van der Waals surface area contributed by atoms with Gasteiger partial charge in [0, 0.05) is 19.0 Å². The minimum atomic E-state index is -0.414. The van der Waals surface area contributed by atoms with Crippen LogP contribution < -0.4 is 5.73 Å². The molecule has 1 aromatic heterocycles. The van der Waals surface area contributed by atoms with Gasteiger partial charge in [-0.15, -0.1) is 12.4 Å². The molecule has 2 unspecified atom stereocenters. The van der Waals surface area contributed by atoms with Crippen LogP contribution in [0.2, 0.25) is 0 Å². The predicted molar refractivity (Wildman–Crippen MR) is 93.9 cm³/mol. The molecule has 7 heteroatoms. The van der Waals surface area contributed by atoms with Gasteiger partial charge in [0.2, 0.25) is 11.8 Å². The highest BCUT2D eigenvalue weighted by atomic mass is 35.5. The number of hydrogen-bond donors (Lipinski definition) is 1. The van der Waals surface area contributed by atoms with Crippen molar-refractivity contribution in [2.24, 2.45) is 11.7 Å². The Hall–Kier alpha value is -1.14. The van der Waals surface area contributed by atoms with E-state index in [9.17, 15) is 4.79 Å². The van der Waals surface area contributed by atoms with Gasteiger partial charge >= 0.3 is 0 Å². The molecule has 2 fully saturated rings. The van der Waals surface area contributed by atoms with E-state index >= 15 is 0 Å². The quantitative estimate of drug-likeness (QED) is 0.896. The maximum atomic E-state index is 12.4. The number of halogens is 1. The summed E-state index contributed by atoms with van der Waals surface area (Å²) in [4.78, 5) is 19.0. The van der Waals surface area contributed by atoms with E-state index in [-0.39, 0.29) is 30.2 Å². The molecule has 2 heterocycles. The van der Waals surface area contributed by atoms with Crippen molar-refractivity contribution in [3.8, 4) is 0 Å². The lowest BCUT2D eigenvalue weighted by molar-refractivity contribution is -0.136. The summed E-state index contributed by atoms with van der Waals surface area (Å²) in [6.45, 7) is 5.56. The zero-order valence-electron chi connectivity index (χ0n) is 14.7. The third-order valence-corrected chi connectivity index (χ3v) is 5.50. The van der Waals surface area contributed by atoms with Crippen molar-refractivity contribution in [1.29, 1.82) is 0 Å². The second kappa shape index (κ2) is 7.83. The van der Waals surface area contributed by atoms with Crippen LogP contribution in [0.1, 0.15) is 76.4 Å². The van der Waals surface area contributed by atoms with Gasteiger partial charge in [0.1, 0.15) is 0 Å². The van der Waals surface area contributed by atoms with Gasteiger partial charge < -0.3 is 15.2 Å². The van der Waals surface area contributed by atoms with Crippen molar-refractivity contribution in [3.05, 3.63) is 11.7 Å². The number of rotatable bonds is 4. The number of amides is 1. The summed E-state index contributed by atoms with van der Waals surface area (Å²) < 4.78 is 5.52. The Labute approximate surface area is 149 Å². The Morgan fingerprint density at radius 1 is 1.42 bits per heavy atom. The van der Waals surface area contributed by atoms with Crippen LogP contribution in [0.3, 0.4) is 0 Å². The molecular formula is C17H29ClN4O2. The average Bonchev–Trinajstić information content (AvgIpc) is 3.23. The van der Waals surface area contributed by atoms with Gasteiger partial charge in [-0.25, -0.2) is 0 Å². The third-order valence-electron chi connectivity index (χ3n) is 5.50. The van der Waals surface area contributed by atoms with Crippen LogP contribution in [-0.2, 0) is 10.3 Å². The van der Waals surface area contributed by atoms with Crippen LogP contribution in [0, 0.1) is 5.92 Å². The molecule has 2 aliphatic rings. The van der Waals surface area contributed by atoms with Gasteiger partial charge in [0.25, 0.3) is 0 Å². The lowest BCUT2D eigenvalue weighted by Gasteiger charge is -2.32. The molecule has 0 bridgehead atoms. The number of nitrogens with two attached hydrogens (primary N) is 1. The monoisotopic (exact) mass is 356 g/mol. The molecule has 2 N–H and O–H groups in total. The highest BCUT2D eigenvalue weighted by molar-refractivity contribution is 5.85. The van der Waals surface area contributed by atoms with Crippen molar-refractivity contribution in [1.82, 2.24) is 15.0 Å². The number of nitrogens with zero attached hydrogens (tertiary/aromatic N) is 3. The van der Waals surface area contributed by atoms with Crippen molar-refractivity contribution in [2.75, 3.05) is 13.1 Å². The summed E-state index contributed by atoms with van der Waals surface area (Å²) in [6.07, 6.45) is 6.95. The first-order valence-electron chi connectivity index (χ1n) is 8.95. The van der Waals surface area contributed by atoms with Crippen molar-refractivity contribution >= 4 is 18.3 Å². The summed E-state index contributed by atoms with van der Waals surface area (Å²) in [7, 11) is 0. The first kappa shape index (κ1) is 19.2. The van der Waals surface area contributed by atoms with Crippen LogP contribution in [0.25, 0.3) is 0 Å². The number of piperidine rings is 1. The molecule has 1 amide bonds. The highest BCUT2D eigenvalue weighted by Gasteiger charge is 2.37. The van der Waals surface area contributed by atoms with Crippen LogP contribution >= 0.6 is 12.4 Å². The Balaban J connectivity index is 0.00000208. The maximum Gasteiger partial charge on any atom is 0.231 e. The Morgan fingerprint density at radius 3 is 2.79 bits per heavy atom. The fraction of sp³-hybridized carbons (Fsp3) is 0.824. The summed E-state index contributed by atoms with van der Waals surface area (Å²) >= 11 is 0. The summed E-state index contributed by atoms with van der Waals surface area (Å²) in [5.41, 5.74) is 5.99. The van der Waals surface area contributed by atoms with E-state index in [0.717, 1.165) is 51.5 Å². The number of hydrogen-bond acceptors (Lipinski definition) is 5. The number of carbonyl (C=O) groups is 1. The fourth-order valence-electron chi connectivity index (χ4n) is 3.70. The van der Waals surface area contributed by atoms with Gasteiger partial charge in [0.15, 0.2) is 5.82 Å². The standard InChI is InChI=1S/C17H28N4O2.ClH/c1-3-12(2)15(22)21-10-6-7-13(11-21)14-19-16(20-23-14)17(18)8-4-5-9-17;/h12-13H,3-11,18H2,1-2H3;1H. The number of likely N-dealkylation sites (tertiary alicyclic amines) is 1. The number of carbonyl (C=O) groups excluding carboxylic acids is 1.